The third-order valence-electron chi connectivity index (χ3n) is 5.47. The minimum atomic E-state index is -0.133. The van der Waals surface area contributed by atoms with Gasteiger partial charge in [0.15, 0.2) is 5.01 Å². The van der Waals surface area contributed by atoms with Gasteiger partial charge in [0.05, 0.1) is 15.6 Å². The number of hydrogen-bond acceptors (Lipinski definition) is 3. The first kappa shape index (κ1) is 21.6. The molecule has 1 amide bonds. The number of carbonyl (C=O) groups is 1. The van der Waals surface area contributed by atoms with Crippen molar-refractivity contribution in [2.75, 3.05) is 0 Å². The predicted molar refractivity (Wildman–Crippen MR) is 127 cm³/mol. The number of nitrogens with zero attached hydrogens (tertiary/aromatic N) is 1. The van der Waals surface area contributed by atoms with Crippen LogP contribution in [0.4, 0.5) is 0 Å². The van der Waals surface area contributed by atoms with E-state index in [-0.39, 0.29) is 11.9 Å². The number of amides is 1. The number of thiazole rings is 1. The van der Waals surface area contributed by atoms with Crippen molar-refractivity contribution >= 4 is 52.0 Å². The van der Waals surface area contributed by atoms with Crippen LogP contribution in [-0.4, -0.2) is 16.9 Å². The molecule has 3 nitrogen and oxygen atoms in total. The number of aromatic nitrogens is 1. The molecule has 1 aromatic heterocycles. The van der Waals surface area contributed by atoms with Gasteiger partial charge < -0.3 is 5.32 Å². The van der Waals surface area contributed by atoms with Gasteiger partial charge in [-0.3, -0.25) is 4.79 Å². The van der Waals surface area contributed by atoms with Gasteiger partial charge in [-0.05, 0) is 67.5 Å². The third kappa shape index (κ3) is 4.83. The summed E-state index contributed by atoms with van der Waals surface area (Å²) < 4.78 is 0. The molecule has 0 aliphatic heterocycles. The fourth-order valence-electron chi connectivity index (χ4n) is 3.73. The van der Waals surface area contributed by atoms with Crippen molar-refractivity contribution in [3.63, 3.8) is 0 Å². The Hall–Kier alpha value is -1.59. The summed E-state index contributed by atoms with van der Waals surface area (Å²) in [6.45, 7) is 2.26. The zero-order chi connectivity index (χ0) is 21.3. The second-order valence-electron chi connectivity index (χ2n) is 7.76. The molecule has 1 fully saturated rings. The van der Waals surface area contributed by atoms with Crippen LogP contribution in [0, 0.1) is 5.92 Å². The van der Waals surface area contributed by atoms with E-state index in [9.17, 15) is 4.79 Å². The summed E-state index contributed by atoms with van der Waals surface area (Å²) in [5, 5.41) is 5.30. The van der Waals surface area contributed by atoms with Crippen molar-refractivity contribution in [1.82, 2.24) is 10.3 Å². The van der Waals surface area contributed by atoms with Crippen molar-refractivity contribution < 1.29 is 4.79 Å². The predicted octanol–water partition coefficient (Wildman–Crippen LogP) is 7.75. The van der Waals surface area contributed by atoms with Crippen molar-refractivity contribution in [3.05, 3.63) is 62.5 Å². The number of benzene rings is 2. The molecule has 0 spiro atoms. The van der Waals surface area contributed by atoms with Crippen LogP contribution < -0.4 is 5.32 Å². The fourth-order valence-corrected chi connectivity index (χ4v) is 5.34. The summed E-state index contributed by atoms with van der Waals surface area (Å²) in [4.78, 5) is 18.5. The summed E-state index contributed by atoms with van der Waals surface area (Å²) in [6, 6.07) is 13.0. The highest BCUT2D eigenvalue weighted by Gasteiger charge is 2.24. The van der Waals surface area contributed by atoms with E-state index in [0.717, 1.165) is 47.6 Å². The monoisotopic (exact) mass is 478 g/mol. The molecule has 7 heteroatoms. The van der Waals surface area contributed by atoms with E-state index in [4.69, 9.17) is 39.8 Å². The lowest BCUT2D eigenvalue weighted by Crippen LogP contribution is -2.37. The normalized spacial score (nSPS) is 18.9. The van der Waals surface area contributed by atoms with Crippen molar-refractivity contribution in [2.45, 2.75) is 38.6 Å². The van der Waals surface area contributed by atoms with Crippen molar-refractivity contribution in [2.24, 2.45) is 5.92 Å². The average Bonchev–Trinajstić information content (AvgIpc) is 3.15. The number of hydrogen-bond donors (Lipinski definition) is 1. The fraction of sp³-hybridized carbons (Fsp3) is 0.304. The Bertz CT molecular complexity index is 1060. The molecule has 0 saturated heterocycles. The lowest BCUT2D eigenvalue weighted by molar-refractivity contribution is 0.0922. The molecule has 156 valence electrons. The van der Waals surface area contributed by atoms with Crippen LogP contribution >= 0.6 is 46.1 Å². The second-order valence-corrected chi connectivity index (χ2v) is 10.0. The molecular formula is C23H21Cl3N2OS. The second kappa shape index (κ2) is 9.27. The van der Waals surface area contributed by atoms with Gasteiger partial charge in [-0.25, -0.2) is 4.98 Å². The minimum Gasteiger partial charge on any atom is -0.347 e. The van der Waals surface area contributed by atoms with Crippen LogP contribution in [-0.2, 0) is 0 Å². The maximum atomic E-state index is 13.0. The number of nitrogens with one attached hydrogen (secondary N) is 1. The van der Waals surface area contributed by atoms with Gasteiger partial charge in [0.25, 0.3) is 5.91 Å². The van der Waals surface area contributed by atoms with E-state index in [1.54, 1.807) is 12.1 Å². The van der Waals surface area contributed by atoms with E-state index in [2.05, 4.69) is 12.2 Å². The molecule has 1 aliphatic carbocycles. The van der Waals surface area contributed by atoms with Gasteiger partial charge in [0, 0.05) is 21.7 Å². The molecule has 3 aromatic rings. The van der Waals surface area contributed by atoms with Gasteiger partial charge in [-0.15, -0.1) is 11.3 Å². The first-order valence-electron chi connectivity index (χ1n) is 9.93. The van der Waals surface area contributed by atoms with Gasteiger partial charge >= 0.3 is 0 Å². The number of halogens is 3. The zero-order valence-electron chi connectivity index (χ0n) is 16.4. The largest absolute Gasteiger partial charge is 0.347 e. The van der Waals surface area contributed by atoms with E-state index in [1.807, 2.05) is 30.3 Å². The van der Waals surface area contributed by atoms with Gasteiger partial charge in [0.2, 0.25) is 0 Å². The highest BCUT2D eigenvalue weighted by atomic mass is 35.5. The Morgan fingerprint density at radius 1 is 1.00 bits per heavy atom. The van der Waals surface area contributed by atoms with Gasteiger partial charge in [0.1, 0.15) is 0 Å². The van der Waals surface area contributed by atoms with Crippen LogP contribution in [0.5, 0.6) is 0 Å². The topological polar surface area (TPSA) is 42.0 Å². The molecule has 0 atom stereocenters. The van der Waals surface area contributed by atoms with Crippen LogP contribution in [0.15, 0.2) is 42.5 Å². The van der Waals surface area contributed by atoms with Crippen LogP contribution in [0.3, 0.4) is 0 Å². The molecule has 0 radical (unpaired) electrons. The lowest BCUT2D eigenvalue weighted by Gasteiger charge is -2.26. The molecule has 2 aromatic carbocycles. The quantitative estimate of drug-likeness (QED) is 0.415. The maximum absolute atomic E-state index is 13.0. The molecule has 1 heterocycles. The first-order valence-corrected chi connectivity index (χ1v) is 11.9. The summed E-state index contributed by atoms with van der Waals surface area (Å²) in [5.41, 5.74) is 2.35. The number of rotatable bonds is 4. The molecule has 0 unspecified atom stereocenters. The summed E-state index contributed by atoms with van der Waals surface area (Å²) in [7, 11) is 0. The highest BCUT2D eigenvalue weighted by Crippen LogP contribution is 2.40. The Labute approximate surface area is 195 Å². The minimum absolute atomic E-state index is 0.133. The van der Waals surface area contributed by atoms with Crippen LogP contribution in [0.1, 0.15) is 42.4 Å². The molecule has 0 bridgehead atoms. The molecule has 30 heavy (non-hydrogen) atoms. The van der Waals surface area contributed by atoms with E-state index in [1.165, 1.54) is 11.3 Å². The van der Waals surface area contributed by atoms with E-state index >= 15 is 0 Å². The van der Waals surface area contributed by atoms with E-state index in [0.29, 0.717) is 25.8 Å². The summed E-state index contributed by atoms with van der Waals surface area (Å²) >= 11 is 20.0. The lowest BCUT2D eigenvalue weighted by atomic mass is 9.87. The van der Waals surface area contributed by atoms with Crippen molar-refractivity contribution in [1.29, 1.82) is 0 Å². The number of carbonyl (C=O) groups excluding carboxylic acids is 1. The zero-order valence-corrected chi connectivity index (χ0v) is 19.5. The molecular weight excluding hydrogens is 459 g/mol. The van der Waals surface area contributed by atoms with Gasteiger partial charge in [-0.2, -0.15) is 0 Å². The summed E-state index contributed by atoms with van der Waals surface area (Å²) in [6.07, 6.45) is 4.31. The SMILES string of the molecule is C[C@H]1CC[C@@H](NC(=O)c2nc(-c3ccc(Cl)cc3Cl)c(-c3ccc(Cl)cc3)s2)CC1. The Kier molecular flexibility index (Phi) is 6.69. The summed E-state index contributed by atoms with van der Waals surface area (Å²) in [5.74, 6) is 0.597. The Morgan fingerprint density at radius 3 is 2.33 bits per heavy atom. The van der Waals surface area contributed by atoms with Crippen molar-refractivity contribution in [3.8, 4) is 21.7 Å². The Morgan fingerprint density at radius 2 is 1.67 bits per heavy atom. The highest BCUT2D eigenvalue weighted by molar-refractivity contribution is 7.17. The smallest absolute Gasteiger partial charge is 0.280 e. The van der Waals surface area contributed by atoms with Crippen LogP contribution in [0.2, 0.25) is 15.1 Å². The first-order chi connectivity index (χ1) is 14.4. The van der Waals surface area contributed by atoms with Gasteiger partial charge in [-0.1, -0.05) is 53.9 Å². The molecule has 1 aliphatic rings. The molecule has 1 N–H and O–H groups in total. The standard InChI is InChI=1S/C23H21Cl3N2OS/c1-13-2-9-17(10-3-13)27-22(29)23-28-20(18-11-8-16(25)12-19(18)26)21(30-23)14-4-6-15(24)7-5-14/h4-8,11-13,17H,2-3,9-10H2,1H3,(H,27,29)/t13-,17+. The van der Waals surface area contributed by atoms with E-state index < -0.39 is 0 Å². The van der Waals surface area contributed by atoms with Crippen LogP contribution in [0.25, 0.3) is 21.7 Å². The third-order valence-corrected chi connectivity index (χ3v) is 7.37. The average molecular weight is 480 g/mol. The maximum Gasteiger partial charge on any atom is 0.280 e. The molecule has 1 saturated carbocycles. The Balaban J connectivity index is 1.70. The molecule has 4 rings (SSSR count).